The van der Waals surface area contributed by atoms with Crippen LogP contribution < -0.4 is 10.6 Å². The lowest BCUT2D eigenvalue weighted by Crippen LogP contribution is -2.47. The smallest absolute Gasteiger partial charge is 0.319 e. The summed E-state index contributed by atoms with van der Waals surface area (Å²) in [6, 6.07) is 6.07. The molecule has 2 N–H and O–H groups in total. The predicted octanol–water partition coefficient (Wildman–Crippen LogP) is 3.60. The van der Waals surface area contributed by atoms with Gasteiger partial charge in [0, 0.05) is 18.3 Å². The molecule has 1 unspecified atom stereocenters. The van der Waals surface area contributed by atoms with Crippen LogP contribution in [0.4, 0.5) is 14.9 Å². The molecule has 0 spiro atoms. The van der Waals surface area contributed by atoms with Crippen molar-refractivity contribution in [3.63, 3.8) is 0 Å². The van der Waals surface area contributed by atoms with Crippen LogP contribution in [0.15, 0.2) is 24.3 Å². The Kier molecular flexibility index (Phi) is 6.65. The van der Waals surface area contributed by atoms with E-state index in [2.05, 4.69) is 22.5 Å². The van der Waals surface area contributed by atoms with Gasteiger partial charge in [0.2, 0.25) is 0 Å². The number of urea groups is 1. The molecule has 0 radical (unpaired) electrons. The highest BCUT2D eigenvalue weighted by atomic mass is 19.1. The summed E-state index contributed by atoms with van der Waals surface area (Å²) in [4.78, 5) is 14.4. The standard InChI is InChI=1S/C17H26FN3O/c1-2-3-10-21-11-5-4-9-16(21)13-19-17(22)20-15-8-6-7-14(18)12-15/h6-8,12,16H,2-5,9-11,13H2,1H3,(H2,19,20,22). The first-order valence-electron chi connectivity index (χ1n) is 8.23. The summed E-state index contributed by atoms with van der Waals surface area (Å²) in [6.45, 7) is 5.07. The molecule has 1 aromatic carbocycles. The minimum Gasteiger partial charge on any atom is -0.336 e. The second-order valence-corrected chi connectivity index (χ2v) is 5.88. The summed E-state index contributed by atoms with van der Waals surface area (Å²) in [7, 11) is 0. The first-order chi connectivity index (χ1) is 10.7. The van der Waals surface area contributed by atoms with Crippen molar-refractivity contribution in [2.75, 3.05) is 25.0 Å². The van der Waals surface area contributed by atoms with Gasteiger partial charge in [-0.05, 0) is 50.6 Å². The number of amides is 2. The SMILES string of the molecule is CCCCN1CCCCC1CNC(=O)Nc1cccc(F)c1. The number of unbranched alkanes of at least 4 members (excludes halogenated alkanes) is 1. The van der Waals surface area contributed by atoms with Crippen LogP contribution in [0, 0.1) is 5.82 Å². The number of likely N-dealkylation sites (tertiary alicyclic amines) is 1. The van der Waals surface area contributed by atoms with Crippen molar-refractivity contribution < 1.29 is 9.18 Å². The van der Waals surface area contributed by atoms with E-state index in [0.717, 1.165) is 19.5 Å². The largest absolute Gasteiger partial charge is 0.336 e. The van der Waals surface area contributed by atoms with E-state index in [1.807, 2.05) is 0 Å². The molecule has 0 bridgehead atoms. The number of hydrogen-bond acceptors (Lipinski definition) is 2. The topological polar surface area (TPSA) is 44.4 Å². The van der Waals surface area contributed by atoms with E-state index in [9.17, 15) is 9.18 Å². The summed E-state index contributed by atoms with van der Waals surface area (Å²) in [5.41, 5.74) is 0.476. The third-order valence-electron chi connectivity index (χ3n) is 4.13. The molecular weight excluding hydrogens is 281 g/mol. The zero-order valence-corrected chi connectivity index (χ0v) is 13.3. The summed E-state index contributed by atoms with van der Waals surface area (Å²) < 4.78 is 13.1. The van der Waals surface area contributed by atoms with Crippen LogP contribution in [0.2, 0.25) is 0 Å². The minimum atomic E-state index is -0.351. The number of rotatable bonds is 6. The lowest BCUT2D eigenvalue weighted by molar-refractivity contribution is 0.145. The second-order valence-electron chi connectivity index (χ2n) is 5.88. The molecule has 122 valence electrons. The zero-order valence-electron chi connectivity index (χ0n) is 13.3. The van der Waals surface area contributed by atoms with Gasteiger partial charge in [-0.25, -0.2) is 9.18 Å². The third-order valence-corrected chi connectivity index (χ3v) is 4.13. The average molecular weight is 307 g/mol. The highest BCUT2D eigenvalue weighted by Gasteiger charge is 2.22. The number of carbonyl (C=O) groups excluding carboxylic acids is 1. The van der Waals surface area contributed by atoms with Gasteiger partial charge >= 0.3 is 6.03 Å². The van der Waals surface area contributed by atoms with Crippen molar-refractivity contribution >= 4 is 11.7 Å². The van der Waals surface area contributed by atoms with Gasteiger partial charge in [-0.2, -0.15) is 0 Å². The van der Waals surface area contributed by atoms with Crippen molar-refractivity contribution in [1.82, 2.24) is 10.2 Å². The molecule has 2 amide bonds. The van der Waals surface area contributed by atoms with Crippen molar-refractivity contribution in [2.45, 2.75) is 45.1 Å². The van der Waals surface area contributed by atoms with Gasteiger partial charge in [-0.15, -0.1) is 0 Å². The molecule has 1 fully saturated rings. The Bertz CT molecular complexity index is 481. The normalized spacial score (nSPS) is 18.9. The second kappa shape index (κ2) is 8.73. The van der Waals surface area contributed by atoms with Gasteiger partial charge in [0.25, 0.3) is 0 Å². The monoisotopic (exact) mass is 307 g/mol. The summed E-state index contributed by atoms with van der Waals surface area (Å²) >= 11 is 0. The lowest BCUT2D eigenvalue weighted by Gasteiger charge is -2.35. The van der Waals surface area contributed by atoms with Crippen LogP contribution in [-0.2, 0) is 0 Å². The Hall–Kier alpha value is -1.62. The van der Waals surface area contributed by atoms with Crippen molar-refractivity contribution in [2.24, 2.45) is 0 Å². The first-order valence-corrected chi connectivity index (χ1v) is 8.23. The average Bonchev–Trinajstić information content (AvgIpc) is 2.51. The Morgan fingerprint density at radius 3 is 3.05 bits per heavy atom. The summed E-state index contributed by atoms with van der Waals surface area (Å²) in [5.74, 6) is -0.351. The molecule has 1 heterocycles. The number of benzene rings is 1. The summed E-state index contributed by atoms with van der Waals surface area (Å²) in [5, 5.41) is 5.58. The van der Waals surface area contributed by atoms with E-state index in [-0.39, 0.29) is 11.8 Å². The fourth-order valence-corrected chi connectivity index (χ4v) is 2.90. The van der Waals surface area contributed by atoms with Crippen molar-refractivity contribution in [3.05, 3.63) is 30.1 Å². The quantitative estimate of drug-likeness (QED) is 0.843. The van der Waals surface area contributed by atoms with E-state index < -0.39 is 0 Å². The number of nitrogens with one attached hydrogen (secondary N) is 2. The maximum Gasteiger partial charge on any atom is 0.319 e. The first kappa shape index (κ1) is 16.7. The molecule has 5 heteroatoms. The molecule has 2 rings (SSSR count). The predicted molar refractivity (Wildman–Crippen MR) is 87.5 cm³/mol. The maximum atomic E-state index is 13.1. The lowest BCUT2D eigenvalue weighted by atomic mass is 10.0. The molecule has 1 saturated heterocycles. The number of carbonyl (C=O) groups is 1. The van der Waals surface area contributed by atoms with Gasteiger partial charge in [0.1, 0.15) is 5.82 Å². The van der Waals surface area contributed by atoms with E-state index in [1.165, 1.54) is 37.8 Å². The zero-order chi connectivity index (χ0) is 15.8. The highest BCUT2D eigenvalue weighted by Crippen LogP contribution is 2.17. The Morgan fingerprint density at radius 1 is 1.41 bits per heavy atom. The van der Waals surface area contributed by atoms with Gasteiger partial charge in [-0.1, -0.05) is 25.8 Å². The number of piperidine rings is 1. The van der Waals surface area contributed by atoms with Crippen LogP contribution in [0.5, 0.6) is 0 Å². The highest BCUT2D eigenvalue weighted by molar-refractivity contribution is 5.89. The fraction of sp³-hybridized carbons (Fsp3) is 0.588. The Morgan fingerprint density at radius 2 is 2.27 bits per heavy atom. The number of halogens is 1. The fourth-order valence-electron chi connectivity index (χ4n) is 2.90. The molecule has 1 atom stereocenters. The van der Waals surface area contributed by atoms with E-state index in [1.54, 1.807) is 12.1 Å². The molecule has 4 nitrogen and oxygen atoms in total. The van der Waals surface area contributed by atoms with Crippen LogP contribution in [-0.4, -0.2) is 36.6 Å². The molecule has 0 aliphatic carbocycles. The Labute approximate surface area is 132 Å². The molecular formula is C17H26FN3O. The molecule has 0 saturated carbocycles. The van der Waals surface area contributed by atoms with Gasteiger partial charge in [0.05, 0.1) is 0 Å². The third kappa shape index (κ3) is 5.30. The molecule has 0 aromatic heterocycles. The van der Waals surface area contributed by atoms with E-state index >= 15 is 0 Å². The number of anilines is 1. The number of nitrogens with zero attached hydrogens (tertiary/aromatic N) is 1. The van der Waals surface area contributed by atoms with Gasteiger partial charge < -0.3 is 10.6 Å². The molecule has 22 heavy (non-hydrogen) atoms. The van der Waals surface area contributed by atoms with Crippen molar-refractivity contribution in [1.29, 1.82) is 0 Å². The number of hydrogen-bond donors (Lipinski definition) is 2. The summed E-state index contributed by atoms with van der Waals surface area (Å²) in [6.07, 6.45) is 5.99. The van der Waals surface area contributed by atoms with Crippen molar-refractivity contribution in [3.8, 4) is 0 Å². The van der Waals surface area contributed by atoms with E-state index in [4.69, 9.17) is 0 Å². The van der Waals surface area contributed by atoms with Crippen LogP contribution in [0.3, 0.4) is 0 Å². The maximum absolute atomic E-state index is 13.1. The molecule has 1 aliphatic heterocycles. The minimum absolute atomic E-state index is 0.272. The van der Waals surface area contributed by atoms with Crippen LogP contribution in [0.25, 0.3) is 0 Å². The van der Waals surface area contributed by atoms with Crippen LogP contribution in [0.1, 0.15) is 39.0 Å². The van der Waals surface area contributed by atoms with Gasteiger partial charge in [0.15, 0.2) is 0 Å². The van der Waals surface area contributed by atoms with E-state index in [0.29, 0.717) is 18.3 Å². The Balaban J connectivity index is 1.78. The van der Waals surface area contributed by atoms with Gasteiger partial charge in [-0.3, -0.25) is 4.90 Å². The molecule has 1 aliphatic rings. The van der Waals surface area contributed by atoms with Crippen LogP contribution >= 0.6 is 0 Å². The molecule has 1 aromatic rings.